The molecule has 3 unspecified atom stereocenters. The molecule has 6 atom stereocenters. The molecule has 3 aliphatic carbocycles. The van der Waals surface area contributed by atoms with Crippen LogP contribution in [0.2, 0.25) is 55.9 Å². The van der Waals surface area contributed by atoms with Crippen molar-refractivity contribution < 1.29 is 22.8 Å². The molecule has 3 rings (SSSR count). The molecule has 3 aliphatic rings. The largest absolute Gasteiger partial charge is 0.411 e. The Labute approximate surface area is 319 Å². The van der Waals surface area contributed by atoms with Gasteiger partial charge in [0.05, 0.1) is 23.9 Å². The first-order valence-electron chi connectivity index (χ1n) is 20.3. The number of methoxy groups -OCH3 is 1. The standard InChI is InChI=1S/C43H82O5Si3/c1-32(21-19-27-42(8,9)45-31-44-11)35-25-26-36-34(22-20-28-43(35,36)10)24-23-33-29-37(46-50(15,16)40(2,3)4)39(48-49(12,13)14)38(30-33)47-51(17,18)41(5,6)7/h19,21,23-24,32,35-39H,20,22,25-31H2,1-18H3/b21-19+,33-23?,34-24+/t32-,35?,36?,37-,38-,39?,43?/m1/s1. The number of ether oxygens (including phenoxy) is 2. The minimum Gasteiger partial charge on any atom is -0.411 e. The molecule has 8 heteroatoms. The third kappa shape index (κ3) is 11.8. The fourth-order valence-electron chi connectivity index (χ4n) is 8.44. The van der Waals surface area contributed by atoms with E-state index in [2.05, 4.69) is 139 Å². The molecule has 3 fully saturated rings. The summed E-state index contributed by atoms with van der Waals surface area (Å²) in [5, 5.41) is 0.253. The molecule has 0 aromatic heterocycles. The Morgan fingerprint density at radius 1 is 0.804 bits per heavy atom. The van der Waals surface area contributed by atoms with E-state index in [0.717, 1.165) is 19.3 Å². The van der Waals surface area contributed by atoms with Crippen LogP contribution < -0.4 is 0 Å². The highest BCUT2D eigenvalue weighted by atomic mass is 28.4. The predicted molar refractivity (Wildman–Crippen MR) is 226 cm³/mol. The molecule has 0 aliphatic heterocycles. The zero-order chi connectivity index (χ0) is 38.8. The Balaban J connectivity index is 1.93. The van der Waals surface area contributed by atoms with Gasteiger partial charge >= 0.3 is 0 Å². The van der Waals surface area contributed by atoms with Crippen molar-refractivity contribution >= 4 is 25.0 Å². The van der Waals surface area contributed by atoms with E-state index in [1.54, 1.807) is 12.7 Å². The van der Waals surface area contributed by atoms with E-state index in [1.165, 1.54) is 37.7 Å². The SMILES string of the molecule is COCOC(C)(C)C/C=C/[C@@H](C)C1CCC2/C(=C/C=C3C[C@@H](O[Si](C)(C)C(C)(C)C)C(O[Si](C)(C)C)[C@H](O[Si](C)(C)C(C)(C)C)C3)CCCC21C. The highest BCUT2D eigenvalue weighted by Crippen LogP contribution is 2.59. The van der Waals surface area contributed by atoms with Gasteiger partial charge in [-0.1, -0.05) is 90.8 Å². The van der Waals surface area contributed by atoms with Crippen LogP contribution in [0.3, 0.4) is 0 Å². The van der Waals surface area contributed by atoms with Crippen molar-refractivity contribution in [1.29, 1.82) is 0 Å². The Kier molecular flexibility index (Phi) is 14.9. The zero-order valence-electron chi connectivity index (χ0n) is 36.7. The quantitative estimate of drug-likeness (QED) is 0.100. The third-order valence-electron chi connectivity index (χ3n) is 13.5. The van der Waals surface area contributed by atoms with Crippen molar-refractivity contribution in [3.63, 3.8) is 0 Å². The van der Waals surface area contributed by atoms with Gasteiger partial charge in [0.1, 0.15) is 6.79 Å². The number of rotatable bonds is 14. The van der Waals surface area contributed by atoms with Gasteiger partial charge in [-0.25, -0.2) is 0 Å². The molecule has 51 heavy (non-hydrogen) atoms. The minimum absolute atomic E-state index is 0.00998. The fraction of sp³-hybridized carbons (Fsp3) is 0.860. The van der Waals surface area contributed by atoms with Crippen molar-refractivity contribution in [3.8, 4) is 0 Å². The molecule has 3 saturated carbocycles. The fourth-order valence-corrected chi connectivity index (χ4v) is 12.2. The summed E-state index contributed by atoms with van der Waals surface area (Å²) < 4.78 is 32.8. The highest BCUT2D eigenvalue weighted by Gasteiger charge is 2.51. The molecule has 296 valence electrons. The lowest BCUT2D eigenvalue weighted by molar-refractivity contribution is -0.112. The Hall–Kier alpha value is -0.329. The molecule has 0 aromatic carbocycles. The topological polar surface area (TPSA) is 46.2 Å². The summed E-state index contributed by atoms with van der Waals surface area (Å²) >= 11 is 0. The number of hydrogen-bond acceptors (Lipinski definition) is 5. The zero-order valence-corrected chi connectivity index (χ0v) is 39.7. The predicted octanol–water partition coefficient (Wildman–Crippen LogP) is 12.8. The Morgan fingerprint density at radius 2 is 1.35 bits per heavy atom. The molecule has 0 saturated heterocycles. The molecule has 0 aromatic rings. The van der Waals surface area contributed by atoms with Gasteiger partial charge < -0.3 is 22.8 Å². The van der Waals surface area contributed by atoms with Gasteiger partial charge in [-0.05, 0) is 144 Å². The number of fused-ring (bicyclic) bond motifs is 1. The summed E-state index contributed by atoms with van der Waals surface area (Å²) in [6.07, 6.45) is 19.1. The summed E-state index contributed by atoms with van der Waals surface area (Å²) in [7, 11) is -4.31. The van der Waals surface area contributed by atoms with Crippen LogP contribution in [-0.2, 0) is 22.8 Å². The molecule has 0 radical (unpaired) electrons. The third-order valence-corrected chi connectivity index (χ3v) is 23.5. The molecular weight excluding hydrogens is 681 g/mol. The van der Waals surface area contributed by atoms with Crippen molar-refractivity contribution in [2.45, 2.75) is 200 Å². The maximum atomic E-state index is 7.34. The molecular formula is C43H82O5Si3. The summed E-state index contributed by atoms with van der Waals surface area (Å²) in [6.45, 7) is 40.3. The van der Waals surface area contributed by atoms with Crippen LogP contribution in [0.4, 0.5) is 0 Å². The van der Waals surface area contributed by atoms with Gasteiger partial charge in [0, 0.05) is 7.11 Å². The highest BCUT2D eigenvalue weighted by molar-refractivity contribution is 6.74. The summed E-state index contributed by atoms with van der Waals surface area (Å²) in [6, 6.07) is 0. The van der Waals surface area contributed by atoms with Crippen LogP contribution in [0.25, 0.3) is 0 Å². The maximum Gasteiger partial charge on any atom is 0.192 e. The maximum absolute atomic E-state index is 7.34. The van der Waals surface area contributed by atoms with Gasteiger partial charge in [-0.15, -0.1) is 0 Å². The van der Waals surface area contributed by atoms with Crippen LogP contribution >= 0.6 is 0 Å². The van der Waals surface area contributed by atoms with Gasteiger partial charge in [0.25, 0.3) is 0 Å². The van der Waals surface area contributed by atoms with E-state index in [1.807, 2.05) is 0 Å². The van der Waals surface area contributed by atoms with E-state index < -0.39 is 25.0 Å². The van der Waals surface area contributed by atoms with Crippen LogP contribution in [0.1, 0.15) is 121 Å². The first-order valence-corrected chi connectivity index (χ1v) is 29.6. The minimum atomic E-state index is -2.06. The second kappa shape index (κ2) is 16.8. The molecule has 0 N–H and O–H groups in total. The smallest absolute Gasteiger partial charge is 0.192 e. The van der Waals surface area contributed by atoms with E-state index in [0.29, 0.717) is 30.0 Å². The summed E-state index contributed by atoms with van der Waals surface area (Å²) in [5.74, 6) is 1.92. The lowest BCUT2D eigenvalue weighted by atomic mass is 9.61. The van der Waals surface area contributed by atoms with E-state index >= 15 is 0 Å². The monoisotopic (exact) mass is 763 g/mol. The Bertz CT molecular complexity index is 1190. The van der Waals surface area contributed by atoms with E-state index in [4.69, 9.17) is 22.8 Å². The lowest BCUT2D eigenvalue weighted by Gasteiger charge is -2.49. The van der Waals surface area contributed by atoms with E-state index in [-0.39, 0.29) is 34.0 Å². The molecule has 5 nitrogen and oxygen atoms in total. The second-order valence-electron chi connectivity index (χ2n) is 21.4. The van der Waals surface area contributed by atoms with Crippen molar-refractivity contribution in [1.82, 2.24) is 0 Å². The summed E-state index contributed by atoms with van der Waals surface area (Å²) in [4.78, 5) is 0. The normalized spacial score (nSPS) is 30.3. The molecule has 0 heterocycles. The van der Waals surface area contributed by atoms with Gasteiger partial charge in [0.15, 0.2) is 25.0 Å². The lowest BCUT2D eigenvalue weighted by Crippen LogP contribution is -2.58. The average molecular weight is 763 g/mol. The van der Waals surface area contributed by atoms with Gasteiger partial charge in [-0.3, -0.25) is 0 Å². The van der Waals surface area contributed by atoms with Crippen LogP contribution in [0.5, 0.6) is 0 Å². The van der Waals surface area contributed by atoms with Crippen molar-refractivity contribution in [2.24, 2.45) is 23.2 Å². The first kappa shape index (κ1) is 45.1. The number of allylic oxidation sites excluding steroid dienone is 4. The summed E-state index contributed by atoms with van der Waals surface area (Å²) in [5.41, 5.74) is 3.28. The van der Waals surface area contributed by atoms with Crippen molar-refractivity contribution in [2.75, 3.05) is 13.9 Å². The molecule has 0 bridgehead atoms. The molecule has 0 amide bonds. The van der Waals surface area contributed by atoms with Crippen LogP contribution in [0.15, 0.2) is 35.5 Å². The van der Waals surface area contributed by atoms with Gasteiger partial charge in [0.2, 0.25) is 0 Å². The number of hydrogen-bond donors (Lipinski definition) is 0. The van der Waals surface area contributed by atoms with E-state index in [9.17, 15) is 0 Å². The molecule has 0 spiro atoms. The van der Waals surface area contributed by atoms with Crippen molar-refractivity contribution in [3.05, 3.63) is 35.5 Å². The van der Waals surface area contributed by atoms with Crippen LogP contribution in [-0.4, -0.2) is 62.8 Å². The van der Waals surface area contributed by atoms with Crippen LogP contribution in [0, 0.1) is 23.2 Å². The first-order chi connectivity index (χ1) is 23.1. The average Bonchev–Trinajstić information content (AvgIpc) is 3.32. The van der Waals surface area contributed by atoms with Gasteiger partial charge in [-0.2, -0.15) is 0 Å². The Morgan fingerprint density at radius 3 is 1.84 bits per heavy atom. The second-order valence-corrected chi connectivity index (χ2v) is 35.4.